The lowest BCUT2D eigenvalue weighted by molar-refractivity contribution is -0.143. The van der Waals surface area contributed by atoms with E-state index in [1.807, 2.05) is 0 Å². The van der Waals surface area contributed by atoms with Crippen LogP contribution in [0.5, 0.6) is 0 Å². The largest absolute Gasteiger partial charge is 0.481 e. The Labute approximate surface area is 191 Å². The Morgan fingerprint density at radius 1 is 0.758 bits per heavy atom. The first-order valence-corrected chi connectivity index (χ1v) is 10.5. The van der Waals surface area contributed by atoms with Crippen molar-refractivity contribution in [2.24, 2.45) is 17.6 Å². The molecular weight excluding hydrogens is 440 g/mol. The zero-order valence-corrected chi connectivity index (χ0v) is 19.2. The van der Waals surface area contributed by atoms with E-state index in [9.17, 15) is 33.9 Å². The van der Waals surface area contributed by atoms with Crippen molar-refractivity contribution >= 4 is 35.6 Å². The third-order valence-corrected chi connectivity index (χ3v) is 4.58. The van der Waals surface area contributed by atoms with Crippen molar-refractivity contribution in [1.82, 2.24) is 16.0 Å². The molecule has 0 aliphatic heterocycles. The highest BCUT2D eigenvalue weighted by atomic mass is 16.4. The summed E-state index contributed by atoms with van der Waals surface area (Å²) in [5.74, 6) is -6.86. The van der Waals surface area contributed by atoms with Crippen LogP contribution in [0.2, 0.25) is 0 Å². The molecule has 0 bridgehead atoms. The van der Waals surface area contributed by atoms with E-state index in [1.165, 1.54) is 0 Å². The SMILES string of the molecule is CC(C)CC(NC(=O)C(NC(=O)C(N)CC(=O)O)C(C)C)C(=O)NC(CCC(=O)O)C(=O)O. The summed E-state index contributed by atoms with van der Waals surface area (Å²) >= 11 is 0. The Morgan fingerprint density at radius 2 is 1.30 bits per heavy atom. The van der Waals surface area contributed by atoms with Gasteiger partial charge in [0.05, 0.1) is 12.5 Å². The van der Waals surface area contributed by atoms with Crippen LogP contribution in [-0.2, 0) is 28.8 Å². The number of carboxylic acid groups (broad SMARTS) is 3. The van der Waals surface area contributed by atoms with Gasteiger partial charge in [-0.2, -0.15) is 0 Å². The summed E-state index contributed by atoms with van der Waals surface area (Å²) < 4.78 is 0. The molecule has 13 nitrogen and oxygen atoms in total. The molecule has 0 heterocycles. The van der Waals surface area contributed by atoms with E-state index >= 15 is 0 Å². The maximum Gasteiger partial charge on any atom is 0.326 e. The second kappa shape index (κ2) is 14.0. The molecule has 188 valence electrons. The van der Waals surface area contributed by atoms with Crippen LogP contribution in [0.25, 0.3) is 0 Å². The minimum Gasteiger partial charge on any atom is -0.481 e. The third-order valence-electron chi connectivity index (χ3n) is 4.58. The molecule has 0 aromatic rings. The van der Waals surface area contributed by atoms with Crippen LogP contribution >= 0.6 is 0 Å². The van der Waals surface area contributed by atoms with Gasteiger partial charge in [-0.05, 0) is 24.7 Å². The molecule has 0 saturated heterocycles. The first-order chi connectivity index (χ1) is 15.1. The lowest BCUT2D eigenvalue weighted by Gasteiger charge is -2.27. The van der Waals surface area contributed by atoms with Gasteiger partial charge in [0.1, 0.15) is 18.1 Å². The normalized spacial score (nSPS) is 14.6. The van der Waals surface area contributed by atoms with Gasteiger partial charge in [0.2, 0.25) is 17.7 Å². The number of aliphatic carboxylic acids is 3. The average Bonchev–Trinajstić information content (AvgIpc) is 2.66. The van der Waals surface area contributed by atoms with Gasteiger partial charge in [0.15, 0.2) is 0 Å². The first kappa shape index (κ1) is 29.8. The van der Waals surface area contributed by atoms with E-state index in [2.05, 4.69) is 16.0 Å². The second-order valence-corrected chi connectivity index (χ2v) is 8.46. The number of rotatable bonds is 15. The minimum atomic E-state index is -1.46. The van der Waals surface area contributed by atoms with Gasteiger partial charge in [-0.25, -0.2) is 4.79 Å². The topological polar surface area (TPSA) is 225 Å². The van der Waals surface area contributed by atoms with Crippen LogP contribution in [0, 0.1) is 11.8 Å². The minimum absolute atomic E-state index is 0.0839. The quantitative estimate of drug-likeness (QED) is 0.151. The maximum atomic E-state index is 12.8. The van der Waals surface area contributed by atoms with Crippen LogP contribution in [0.4, 0.5) is 0 Å². The summed E-state index contributed by atoms with van der Waals surface area (Å²) in [6.45, 7) is 6.80. The van der Waals surface area contributed by atoms with E-state index < -0.39 is 78.6 Å². The smallest absolute Gasteiger partial charge is 0.326 e. The van der Waals surface area contributed by atoms with Crippen LogP contribution in [0.1, 0.15) is 53.4 Å². The van der Waals surface area contributed by atoms with Gasteiger partial charge >= 0.3 is 17.9 Å². The molecule has 0 aromatic carbocycles. The fraction of sp³-hybridized carbons (Fsp3) is 0.700. The molecule has 8 N–H and O–H groups in total. The summed E-state index contributed by atoms with van der Waals surface area (Å²) in [7, 11) is 0. The number of hydrogen-bond acceptors (Lipinski definition) is 7. The number of nitrogens with one attached hydrogen (secondary N) is 3. The van der Waals surface area contributed by atoms with Crippen molar-refractivity contribution in [2.45, 2.75) is 77.5 Å². The number of amides is 3. The van der Waals surface area contributed by atoms with Gasteiger partial charge in [0, 0.05) is 6.42 Å². The highest BCUT2D eigenvalue weighted by molar-refractivity contribution is 5.94. The summed E-state index contributed by atoms with van der Waals surface area (Å²) in [5, 5.41) is 33.9. The van der Waals surface area contributed by atoms with Crippen molar-refractivity contribution in [3.63, 3.8) is 0 Å². The van der Waals surface area contributed by atoms with E-state index in [1.54, 1.807) is 27.7 Å². The molecule has 0 rings (SSSR count). The molecule has 33 heavy (non-hydrogen) atoms. The zero-order chi connectivity index (χ0) is 25.9. The van der Waals surface area contributed by atoms with E-state index in [-0.39, 0.29) is 18.8 Å². The monoisotopic (exact) mass is 474 g/mol. The van der Waals surface area contributed by atoms with E-state index in [0.717, 1.165) is 0 Å². The zero-order valence-electron chi connectivity index (χ0n) is 19.2. The van der Waals surface area contributed by atoms with Crippen molar-refractivity contribution in [3.05, 3.63) is 0 Å². The highest BCUT2D eigenvalue weighted by Gasteiger charge is 2.32. The summed E-state index contributed by atoms with van der Waals surface area (Å²) in [6.07, 6.45) is -1.31. The summed E-state index contributed by atoms with van der Waals surface area (Å²) in [6, 6.07) is -5.14. The standard InChI is InChI=1S/C20H34N4O9/c1-9(2)7-13(18(30)22-12(20(32)33)5-6-14(25)26)23-19(31)16(10(3)4)24-17(29)11(21)8-15(27)28/h9-13,16H,5-8,21H2,1-4H3,(H,22,30)(H,23,31)(H,24,29)(H,25,26)(H,27,28)(H,32,33). The molecule has 13 heteroatoms. The molecule has 3 amide bonds. The summed E-state index contributed by atoms with van der Waals surface area (Å²) in [5.41, 5.74) is 5.53. The summed E-state index contributed by atoms with van der Waals surface area (Å²) in [4.78, 5) is 70.6. The van der Waals surface area contributed by atoms with E-state index in [0.29, 0.717) is 0 Å². The molecule has 4 unspecified atom stereocenters. The first-order valence-electron chi connectivity index (χ1n) is 10.5. The van der Waals surface area contributed by atoms with Gasteiger partial charge in [-0.1, -0.05) is 27.7 Å². The van der Waals surface area contributed by atoms with Crippen molar-refractivity contribution < 1.29 is 44.1 Å². The fourth-order valence-corrected chi connectivity index (χ4v) is 2.84. The Morgan fingerprint density at radius 3 is 1.73 bits per heavy atom. The third kappa shape index (κ3) is 11.8. The van der Waals surface area contributed by atoms with Crippen molar-refractivity contribution in [1.29, 1.82) is 0 Å². The van der Waals surface area contributed by atoms with Crippen LogP contribution < -0.4 is 21.7 Å². The highest BCUT2D eigenvalue weighted by Crippen LogP contribution is 2.09. The average molecular weight is 475 g/mol. The Balaban J connectivity index is 5.45. The Hall–Kier alpha value is -3.22. The lowest BCUT2D eigenvalue weighted by atomic mass is 9.99. The molecule has 0 radical (unpaired) electrons. The molecule has 0 spiro atoms. The van der Waals surface area contributed by atoms with Crippen molar-refractivity contribution in [3.8, 4) is 0 Å². The molecule has 0 aromatic heterocycles. The van der Waals surface area contributed by atoms with Gasteiger partial charge in [-0.15, -0.1) is 0 Å². The number of carbonyl (C=O) groups excluding carboxylic acids is 3. The molecule has 4 atom stereocenters. The predicted molar refractivity (Wildman–Crippen MR) is 115 cm³/mol. The van der Waals surface area contributed by atoms with E-state index in [4.69, 9.17) is 15.9 Å². The number of carboxylic acids is 3. The Bertz CT molecular complexity index is 739. The lowest BCUT2D eigenvalue weighted by Crippen LogP contribution is -2.58. The maximum absolute atomic E-state index is 12.8. The van der Waals surface area contributed by atoms with Crippen molar-refractivity contribution in [2.75, 3.05) is 0 Å². The predicted octanol–water partition coefficient (Wildman–Crippen LogP) is -1.11. The molecule has 0 aliphatic rings. The number of carbonyl (C=O) groups is 6. The van der Waals surface area contributed by atoms with Gasteiger partial charge < -0.3 is 37.0 Å². The van der Waals surface area contributed by atoms with Gasteiger partial charge in [-0.3, -0.25) is 24.0 Å². The molecule has 0 fully saturated rings. The fourth-order valence-electron chi connectivity index (χ4n) is 2.84. The molecule has 0 aliphatic carbocycles. The Kier molecular flexibility index (Phi) is 12.7. The molecule has 0 saturated carbocycles. The molecular formula is C20H34N4O9. The second-order valence-electron chi connectivity index (χ2n) is 8.46. The van der Waals surface area contributed by atoms with Crippen LogP contribution in [-0.4, -0.2) is 75.1 Å². The van der Waals surface area contributed by atoms with Gasteiger partial charge in [0.25, 0.3) is 0 Å². The number of hydrogen-bond donors (Lipinski definition) is 7. The number of nitrogens with two attached hydrogens (primary N) is 1. The van der Waals surface area contributed by atoms with Crippen LogP contribution in [0.15, 0.2) is 0 Å². The van der Waals surface area contributed by atoms with Crippen LogP contribution in [0.3, 0.4) is 0 Å².